The molecule has 0 bridgehead atoms. The average Bonchev–Trinajstić information content (AvgIpc) is 2.64. The lowest BCUT2D eigenvalue weighted by molar-refractivity contribution is -0.129. The van der Waals surface area contributed by atoms with Crippen LogP contribution in [0, 0.1) is 0 Å². The van der Waals surface area contributed by atoms with Crippen LogP contribution in [0.2, 0.25) is 5.02 Å². The molecule has 1 fully saturated rings. The number of benzene rings is 1. The van der Waals surface area contributed by atoms with Crippen LogP contribution in [0.4, 0.5) is 4.79 Å². The molecule has 1 aromatic carbocycles. The molecule has 94 valence electrons. The molecule has 0 radical (unpaired) electrons. The molecule has 1 aliphatic rings. The molecule has 6 heteroatoms. The Morgan fingerprint density at radius 2 is 1.89 bits per heavy atom. The Bertz CT molecular complexity index is 501. The van der Waals surface area contributed by atoms with E-state index in [-0.39, 0.29) is 6.42 Å². The van der Waals surface area contributed by atoms with Gasteiger partial charge in [0.1, 0.15) is 0 Å². The minimum Gasteiger partial charge on any atom is -0.317 e. The van der Waals surface area contributed by atoms with E-state index in [4.69, 9.17) is 11.6 Å². The van der Waals surface area contributed by atoms with Crippen molar-refractivity contribution >= 4 is 29.8 Å². The molecule has 1 atom stereocenters. The Labute approximate surface area is 109 Å². The van der Waals surface area contributed by atoms with Crippen molar-refractivity contribution < 1.29 is 14.4 Å². The lowest BCUT2D eigenvalue weighted by Crippen LogP contribution is -2.48. The van der Waals surface area contributed by atoms with Crippen LogP contribution in [0.5, 0.6) is 0 Å². The maximum atomic E-state index is 11.6. The molecule has 0 saturated carbocycles. The zero-order chi connectivity index (χ0) is 13.2. The van der Waals surface area contributed by atoms with Gasteiger partial charge in [0.2, 0.25) is 0 Å². The van der Waals surface area contributed by atoms with E-state index >= 15 is 0 Å². The molecule has 1 aliphatic heterocycles. The molecular formula is C12H11ClN2O3. The molecular weight excluding hydrogens is 256 g/mol. The van der Waals surface area contributed by atoms with Gasteiger partial charge in [-0.1, -0.05) is 23.7 Å². The summed E-state index contributed by atoms with van der Waals surface area (Å²) in [7, 11) is 0. The number of nitrogens with one attached hydrogen (secondary N) is 2. The van der Waals surface area contributed by atoms with Crippen molar-refractivity contribution in [3.63, 3.8) is 0 Å². The molecule has 0 spiro atoms. The maximum Gasteiger partial charge on any atom is 0.322 e. The van der Waals surface area contributed by atoms with Crippen LogP contribution >= 0.6 is 11.6 Å². The molecule has 1 aromatic rings. The SMILES string of the molecule is O=CC1(CCc2ccc(Cl)cc2)NC(=O)NC1=O. The van der Waals surface area contributed by atoms with Gasteiger partial charge < -0.3 is 10.1 Å². The van der Waals surface area contributed by atoms with E-state index < -0.39 is 17.5 Å². The van der Waals surface area contributed by atoms with Crippen molar-refractivity contribution in [2.24, 2.45) is 0 Å². The summed E-state index contributed by atoms with van der Waals surface area (Å²) in [5, 5.41) is 5.04. The summed E-state index contributed by atoms with van der Waals surface area (Å²) in [6, 6.07) is 6.46. The van der Waals surface area contributed by atoms with Crippen molar-refractivity contribution in [2.45, 2.75) is 18.4 Å². The van der Waals surface area contributed by atoms with Crippen molar-refractivity contribution in [1.82, 2.24) is 10.6 Å². The van der Waals surface area contributed by atoms with Gasteiger partial charge in [-0.25, -0.2) is 4.79 Å². The molecule has 1 saturated heterocycles. The first kappa shape index (κ1) is 12.6. The van der Waals surface area contributed by atoms with Gasteiger partial charge in [-0.2, -0.15) is 0 Å². The van der Waals surface area contributed by atoms with Gasteiger partial charge >= 0.3 is 6.03 Å². The summed E-state index contributed by atoms with van der Waals surface area (Å²) < 4.78 is 0. The fourth-order valence-electron chi connectivity index (χ4n) is 1.82. The van der Waals surface area contributed by atoms with E-state index in [1.165, 1.54) is 0 Å². The third-order valence-corrected chi connectivity index (χ3v) is 3.14. The van der Waals surface area contributed by atoms with Crippen LogP contribution in [-0.2, 0) is 16.0 Å². The number of rotatable bonds is 4. The van der Waals surface area contributed by atoms with Gasteiger partial charge in [0.05, 0.1) is 0 Å². The van der Waals surface area contributed by atoms with Crippen LogP contribution < -0.4 is 10.6 Å². The Morgan fingerprint density at radius 3 is 2.39 bits per heavy atom. The van der Waals surface area contributed by atoms with E-state index in [9.17, 15) is 14.4 Å². The summed E-state index contributed by atoms with van der Waals surface area (Å²) in [5.41, 5.74) is -0.508. The van der Waals surface area contributed by atoms with E-state index in [1.54, 1.807) is 12.1 Å². The maximum absolute atomic E-state index is 11.6. The summed E-state index contributed by atoms with van der Waals surface area (Å²) in [6.07, 6.45) is 1.18. The highest BCUT2D eigenvalue weighted by molar-refractivity contribution is 6.30. The third kappa shape index (κ3) is 2.36. The Morgan fingerprint density at radius 1 is 1.22 bits per heavy atom. The van der Waals surface area contributed by atoms with Gasteiger partial charge in [-0.05, 0) is 30.5 Å². The first-order chi connectivity index (χ1) is 8.55. The molecule has 1 unspecified atom stereocenters. The summed E-state index contributed by atoms with van der Waals surface area (Å²) in [5.74, 6) is -0.600. The number of aryl methyl sites for hydroxylation is 1. The van der Waals surface area contributed by atoms with Gasteiger partial charge in [-0.3, -0.25) is 10.1 Å². The van der Waals surface area contributed by atoms with Crippen molar-refractivity contribution in [3.8, 4) is 0 Å². The predicted molar refractivity (Wildman–Crippen MR) is 65.2 cm³/mol. The van der Waals surface area contributed by atoms with Gasteiger partial charge in [0, 0.05) is 5.02 Å². The summed E-state index contributed by atoms with van der Waals surface area (Å²) >= 11 is 5.76. The van der Waals surface area contributed by atoms with Crippen molar-refractivity contribution in [2.75, 3.05) is 0 Å². The molecule has 5 nitrogen and oxygen atoms in total. The zero-order valence-electron chi connectivity index (χ0n) is 9.40. The summed E-state index contributed by atoms with van der Waals surface area (Å²) in [4.78, 5) is 33.7. The smallest absolute Gasteiger partial charge is 0.317 e. The second-order valence-electron chi connectivity index (χ2n) is 4.12. The second kappa shape index (κ2) is 4.78. The van der Waals surface area contributed by atoms with Crippen LogP contribution in [0.3, 0.4) is 0 Å². The fourth-order valence-corrected chi connectivity index (χ4v) is 1.94. The number of imide groups is 1. The first-order valence-electron chi connectivity index (χ1n) is 5.40. The molecule has 0 aliphatic carbocycles. The van der Waals surface area contributed by atoms with Crippen molar-refractivity contribution in [1.29, 1.82) is 0 Å². The van der Waals surface area contributed by atoms with E-state index in [0.29, 0.717) is 17.7 Å². The van der Waals surface area contributed by atoms with E-state index in [2.05, 4.69) is 10.6 Å². The number of carbonyl (C=O) groups excluding carboxylic acids is 3. The molecule has 1 heterocycles. The number of aldehydes is 1. The topological polar surface area (TPSA) is 75.3 Å². The molecule has 3 amide bonds. The fraction of sp³-hybridized carbons (Fsp3) is 0.250. The Balaban J connectivity index is 2.08. The largest absolute Gasteiger partial charge is 0.322 e. The number of hydrogen-bond donors (Lipinski definition) is 2. The number of halogens is 1. The second-order valence-corrected chi connectivity index (χ2v) is 4.56. The quantitative estimate of drug-likeness (QED) is 0.486. The highest BCUT2D eigenvalue weighted by Gasteiger charge is 2.45. The van der Waals surface area contributed by atoms with Gasteiger partial charge in [0.25, 0.3) is 5.91 Å². The molecule has 18 heavy (non-hydrogen) atoms. The molecule has 0 aromatic heterocycles. The van der Waals surface area contributed by atoms with Crippen LogP contribution in [0.1, 0.15) is 12.0 Å². The summed E-state index contributed by atoms with van der Waals surface area (Å²) in [6.45, 7) is 0. The van der Waals surface area contributed by atoms with Crippen molar-refractivity contribution in [3.05, 3.63) is 34.9 Å². The minimum absolute atomic E-state index is 0.218. The van der Waals surface area contributed by atoms with Gasteiger partial charge in [-0.15, -0.1) is 0 Å². The highest BCUT2D eigenvalue weighted by Crippen LogP contribution is 2.18. The van der Waals surface area contributed by atoms with Crippen LogP contribution in [0.15, 0.2) is 24.3 Å². The van der Waals surface area contributed by atoms with Gasteiger partial charge in [0.15, 0.2) is 11.8 Å². The molecule has 2 rings (SSSR count). The highest BCUT2D eigenvalue weighted by atomic mass is 35.5. The lowest BCUT2D eigenvalue weighted by atomic mass is 9.93. The normalized spacial score (nSPS) is 22.5. The average molecular weight is 267 g/mol. The Hall–Kier alpha value is -1.88. The van der Waals surface area contributed by atoms with E-state index in [0.717, 1.165) is 5.56 Å². The number of carbonyl (C=O) groups is 3. The van der Waals surface area contributed by atoms with Crippen LogP contribution in [-0.4, -0.2) is 23.8 Å². The minimum atomic E-state index is -1.45. The zero-order valence-corrected chi connectivity index (χ0v) is 10.2. The third-order valence-electron chi connectivity index (χ3n) is 2.89. The van der Waals surface area contributed by atoms with E-state index in [1.807, 2.05) is 12.1 Å². The monoisotopic (exact) mass is 266 g/mol. The first-order valence-corrected chi connectivity index (χ1v) is 5.78. The number of hydrogen-bond acceptors (Lipinski definition) is 3. The standard InChI is InChI=1S/C12H11ClN2O3/c13-9-3-1-8(2-4-9)5-6-12(7-16)10(17)14-11(18)15-12/h1-4,7H,5-6H2,(H2,14,15,17,18). The lowest BCUT2D eigenvalue weighted by Gasteiger charge is -2.18. The number of urea groups is 1. The van der Waals surface area contributed by atoms with Crippen LogP contribution in [0.25, 0.3) is 0 Å². The Kier molecular flexibility index (Phi) is 3.34. The molecule has 2 N–H and O–H groups in total. The predicted octanol–water partition coefficient (Wildman–Crippen LogP) is 1.05. The number of amides is 3.